The summed E-state index contributed by atoms with van der Waals surface area (Å²) in [6.07, 6.45) is 4.00. The van der Waals surface area contributed by atoms with Crippen LogP contribution in [0.25, 0.3) is 0 Å². The molecule has 0 aliphatic heterocycles. The summed E-state index contributed by atoms with van der Waals surface area (Å²) >= 11 is 0. The number of carbonyl (C=O) groups is 1. The first-order valence-electron chi connectivity index (χ1n) is 7.14. The summed E-state index contributed by atoms with van der Waals surface area (Å²) < 4.78 is 0. The molecule has 0 saturated heterocycles. The third kappa shape index (κ3) is 5.57. The van der Waals surface area contributed by atoms with Crippen molar-refractivity contribution in [3.8, 4) is 0 Å². The fourth-order valence-electron chi connectivity index (χ4n) is 1.79. The topological polar surface area (TPSA) is 48.5 Å². The summed E-state index contributed by atoms with van der Waals surface area (Å²) in [5.74, 6) is -0.113. The Bertz CT molecular complexity index is 420. The van der Waals surface area contributed by atoms with E-state index >= 15 is 0 Å². The molecule has 5 nitrogen and oxygen atoms in total. The number of hydrogen-bond donors (Lipinski definition) is 1. The minimum Gasteiger partial charge on any atom is -0.374 e. The van der Waals surface area contributed by atoms with Crippen LogP contribution >= 0.6 is 0 Å². The minimum atomic E-state index is -0.113. The number of amides is 1. The van der Waals surface area contributed by atoms with Crippen LogP contribution in [0, 0.1) is 0 Å². The summed E-state index contributed by atoms with van der Waals surface area (Å²) in [5, 5.41) is 2.88. The number of likely N-dealkylation sites (N-methyl/N-ethyl adjacent to an activating group) is 1. The van der Waals surface area contributed by atoms with Crippen molar-refractivity contribution >= 4 is 11.6 Å². The highest BCUT2D eigenvalue weighted by molar-refractivity contribution is 5.93. The molecule has 0 spiro atoms. The number of rotatable bonds is 8. The summed E-state index contributed by atoms with van der Waals surface area (Å²) in [6.45, 7) is 4.61. The highest BCUT2D eigenvalue weighted by atomic mass is 16.1. The molecule has 0 bridgehead atoms. The average molecular weight is 278 g/mol. The van der Waals surface area contributed by atoms with Gasteiger partial charge in [-0.2, -0.15) is 0 Å². The van der Waals surface area contributed by atoms with Gasteiger partial charge in [-0.1, -0.05) is 13.3 Å². The number of nitrogens with one attached hydrogen (secondary N) is 1. The van der Waals surface area contributed by atoms with Gasteiger partial charge < -0.3 is 15.1 Å². The number of aromatic nitrogens is 1. The molecule has 0 unspecified atom stereocenters. The van der Waals surface area contributed by atoms with Gasteiger partial charge in [0.2, 0.25) is 0 Å². The van der Waals surface area contributed by atoms with Gasteiger partial charge in [0, 0.05) is 38.6 Å². The molecular weight excluding hydrogens is 252 g/mol. The number of anilines is 1. The standard InChI is InChI=1S/C15H26N4O/c1-5-6-10-19(4)13-7-8-16-14(12-13)15(20)17-9-11-18(2)3/h7-8,12H,5-6,9-11H2,1-4H3,(H,17,20). The van der Waals surface area contributed by atoms with Gasteiger partial charge in [-0.3, -0.25) is 9.78 Å². The van der Waals surface area contributed by atoms with Gasteiger partial charge in [0.1, 0.15) is 5.69 Å². The number of carbonyl (C=O) groups excluding carboxylic acids is 1. The molecule has 1 aromatic rings. The Morgan fingerprint density at radius 1 is 1.30 bits per heavy atom. The van der Waals surface area contributed by atoms with Gasteiger partial charge >= 0.3 is 0 Å². The monoisotopic (exact) mass is 278 g/mol. The predicted molar refractivity (Wildman–Crippen MR) is 83.3 cm³/mol. The van der Waals surface area contributed by atoms with Crippen molar-refractivity contribution in [3.05, 3.63) is 24.0 Å². The van der Waals surface area contributed by atoms with Gasteiger partial charge in [-0.05, 0) is 32.6 Å². The molecule has 0 radical (unpaired) electrons. The largest absolute Gasteiger partial charge is 0.374 e. The fourth-order valence-corrected chi connectivity index (χ4v) is 1.79. The predicted octanol–water partition coefficient (Wildman–Crippen LogP) is 1.61. The summed E-state index contributed by atoms with van der Waals surface area (Å²) in [4.78, 5) is 20.3. The SMILES string of the molecule is CCCCN(C)c1ccnc(C(=O)NCCN(C)C)c1. The van der Waals surface area contributed by atoms with E-state index in [0.717, 1.165) is 31.6 Å². The van der Waals surface area contributed by atoms with E-state index in [1.165, 1.54) is 0 Å². The molecule has 5 heteroatoms. The van der Waals surface area contributed by atoms with Crippen molar-refractivity contribution in [2.45, 2.75) is 19.8 Å². The Hall–Kier alpha value is -1.62. The second-order valence-electron chi connectivity index (χ2n) is 5.23. The lowest BCUT2D eigenvalue weighted by atomic mass is 10.2. The highest BCUT2D eigenvalue weighted by Gasteiger charge is 2.09. The maximum atomic E-state index is 12.0. The summed E-state index contributed by atoms with van der Waals surface area (Å²) in [6, 6.07) is 3.78. The number of nitrogens with zero attached hydrogens (tertiary/aromatic N) is 3. The molecule has 0 saturated carbocycles. The first kappa shape index (κ1) is 16.4. The molecular formula is C15H26N4O. The molecule has 1 rings (SSSR count). The van der Waals surface area contributed by atoms with Gasteiger partial charge in [0.05, 0.1) is 0 Å². The van der Waals surface area contributed by atoms with Crippen LogP contribution in [0.5, 0.6) is 0 Å². The molecule has 1 N–H and O–H groups in total. The quantitative estimate of drug-likeness (QED) is 0.785. The van der Waals surface area contributed by atoms with Crippen LogP contribution in [0.3, 0.4) is 0 Å². The maximum absolute atomic E-state index is 12.0. The Morgan fingerprint density at radius 2 is 2.05 bits per heavy atom. The van der Waals surface area contributed by atoms with E-state index in [2.05, 4.69) is 22.1 Å². The van der Waals surface area contributed by atoms with Crippen LogP contribution in [0.2, 0.25) is 0 Å². The van der Waals surface area contributed by atoms with Gasteiger partial charge in [0.15, 0.2) is 0 Å². The Morgan fingerprint density at radius 3 is 2.70 bits per heavy atom. The van der Waals surface area contributed by atoms with Crippen LogP contribution < -0.4 is 10.2 Å². The Labute approximate surface area is 122 Å². The Balaban J connectivity index is 2.60. The van der Waals surface area contributed by atoms with Crippen LogP contribution in [0.1, 0.15) is 30.3 Å². The van der Waals surface area contributed by atoms with Gasteiger partial charge in [0.25, 0.3) is 5.91 Å². The van der Waals surface area contributed by atoms with Crippen molar-refractivity contribution in [1.29, 1.82) is 0 Å². The maximum Gasteiger partial charge on any atom is 0.269 e. The molecule has 1 amide bonds. The zero-order chi connectivity index (χ0) is 15.0. The van der Waals surface area contributed by atoms with E-state index in [9.17, 15) is 4.79 Å². The third-order valence-corrected chi connectivity index (χ3v) is 3.11. The van der Waals surface area contributed by atoms with Crippen molar-refractivity contribution in [1.82, 2.24) is 15.2 Å². The molecule has 112 valence electrons. The molecule has 0 fully saturated rings. The van der Waals surface area contributed by atoms with Crippen LogP contribution in [0.15, 0.2) is 18.3 Å². The summed E-state index contributed by atoms with van der Waals surface area (Å²) in [5.41, 5.74) is 1.51. The van der Waals surface area contributed by atoms with Gasteiger partial charge in [-0.25, -0.2) is 0 Å². The van der Waals surface area contributed by atoms with Crippen LogP contribution in [0.4, 0.5) is 5.69 Å². The lowest BCUT2D eigenvalue weighted by Gasteiger charge is -2.19. The van der Waals surface area contributed by atoms with Crippen LogP contribution in [-0.2, 0) is 0 Å². The molecule has 20 heavy (non-hydrogen) atoms. The van der Waals surface area contributed by atoms with E-state index < -0.39 is 0 Å². The zero-order valence-electron chi connectivity index (χ0n) is 13.0. The molecule has 0 aliphatic carbocycles. The average Bonchev–Trinajstić information content (AvgIpc) is 2.44. The van der Waals surface area contributed by atoms with Crippen molar-refractivity contribution in [3.63, 3.8) is 0 Å². The first-order chi connectivity index (χ1) is 9.54. The first-order valence-corrected chi connectivity index (χ1v) is 7.14. The number of hydrogen-bond acceptors (Lipinski definition) is 4. The van der Waals surface area contributed by atoms with Crippen molar-refractivity contribution in [2.75, 3.05) is 45.7 Å². The fraction of sp³-hybridized carbons (Fsp3) is 0.600. The van der Waals surface area contributed by atoms with E-state index in [0.29, 0.717) is 12.2 Å². The van der Waals surface area contributed by atoms with Crippen molar-refractivity contribution < 1.29 is 4.79 Å². The molecule has 0 aliphatic rings. The molecule has 1 heterocycles. The van der Waals surface area contributed by atoms with E-state index in [-0.39, 0.29) is 5.91 Å². The third-order valence-electron chi connectivity index (χ3n) is 3.11. The van der Waals surface area contributed by atoms with E-state index in [4.69, 9.17) is 0 Å². The highest BCUT2D eigenvalue weighted by Crippen LogP contribution is 2.13. The normalized spacial score (nSPS) is 10.7. The number of pyridine rings is 1. The molecule has 1 aromatic heterocycles. The second kappa shape index (κ2) is 8.53. The smallest absolute Gasteiger partial charge is 0.269 e. The lowest BCUT2D eigenvalue weighted by molar-refractivity contribution is 0.0946. The molecule has 0 atom stereocenters. The summed E-state index contributed by atoms with van der Waals surface area (Å²) in [7, 11) is 6.00. The second-order valence-corrected chi connectivity index (χ2v) is 5.23. The lowest BCUT2D eigenvalue weighted by Crippen LogP contribution is -2.32. The minimum absolute atomic E-state index is 0.113. The van der Waals surface area contributed by atoms with Gasteiger partial charge in [-0.15, -0.1) is 0 Å². The van der Waals surface area contributed by atoms with E-state index in [1.807, 2.05) is 38.2 Å². The van der Waals surface area contributed by atoms with Crippen molar-refractivity contribution in [2.24, 2.45) is 0 Å². The molecule has 0 aromatic carbocycles. The number of unbranched alkanes of at least 4 members (excludes halogenated alkanes) is 1. The van der Waals surface area contributed by atoms with E-state index in [1.54, 1.807) is 6.20 Å². The Kier molecular flexibility index (Phi) is 7.01. The van der Waals surface area contributed by atoms with Crippen LogP contribution in [-0.4, -0.2) is 56.6 Å². The zero-order valence-corrected chi connectivity index (χ0v) is 13.0.